The Kier molecular flexibility index (Phi) is 3.14. The summed E-state index contributed by atoms with van der Waals surface area (Å²) in [6, 6.07) is 9.56. The van der Waals surface area contributed by atoms with E-state index in [1.54, 1.807) is 24.2 Å². The number of hydrogen-bond acceptors (Lipinski definition) is 3. The number of hydrogen-bond donors (Lipinski definition) is 1. The minimum absolute atomic E-state index is 0.683. The van der Waals surface area contributed by atoms with Crippen molar-refractivity contribution in [2.75, 3.05) is 5.73 Å². The van der Waals surface area contributed by atoms with Crippen LogP contribution in [0.2, 0.25) is 5.02 Å². The number of nitrogens with two attached hydrogens (primary N) is 1. The van der Waals surface area contributed by atoms with Crippen molar-refractivity contribution in [2.45, 2.75) is 9.79 Å². The summed E-state index contributed by atoms with van der Waals surface area (Å²) >= 11 is 7.47. The van der Waals surface area contributed by atoms with Crippen LogP contribution in [0.15, 0.2) is 52.5 Å². The predicted octanol–water partition coefficient (Wildman–Crippen LogP) is 3.47. The summed E-state index contributed by atoms with van der Waals surface area (Å²) in [5.41, 5.74) is 6.47. The fourth-order valence-electron chi connectivity index (χ4n) is 1.14. The Hall–Kier alpha value is -1.19. The first-order chi connectivity index (χ1) is 7.25. The van der Waals surface area contributed by atoms with Gasteiger partial charge in [-0.3, -0.25) is 4.98 Å². The van der Waals surface area contributed by atoms with Gasteiger partial charge in [-0.15, -0.1) is 0 Å². The maximum Gasteiger partial charge on any atom is 0.0642 e. The Morgan fingerprint density at radius 1 is 1.27 bits per heavy atom. The SMILES string of the molecule is Nc1cnccc1Sc1cccc(Cl)c1. The molecule has 0 aliphatic heterocycles. The van der Waals surface area contributed by atoms with Gasteiger partial charge in [0.1, 0.15) is 0 Å². The monoisotopic (exact) mass is 236 g/mol. The van der Waals surface area contributed by atoms with Crippen molar-refractivity contribution in [1.29, 1.82) is 0 Å². The number of pyridine rings is 1. The van der Waals surface area contributed by atoms with Crippen molar-refractivity contribution < 1.29 is 0 Å². The number of rotatable bonds is 2. The molecule has 2 aromatic rings. The van der Waals surface area contributed by atoms with Crippen LogP contribution < -0.4 is 5.73 Å². The highest BCUT2D eigenvalue weighted by Crippen LogP contribution is 2.32. The molecular weight excluding hydrogens is 228 g/mol. The van der Waals surface area contributed by atoms with E-state index in [0.717, 1.165) is 14.8 Å². The van der Waals surface area contributed by atoms with Gasteiger partial charge >= 0.3 is 0 Å². The standard InChI is InChI=1S/C11H9ClN2S/c12-8-2-1-3-9(6-8)15-11-4-5-14-7-10(11)13/h1-7H,13H2. The third-order valence-corrected chi connectivity index (χ3v) is 3.15. The van der Waals surface area contributed by atoms with Crippen LogP contribution >= 0.6 is 23.4 Å². The van der Waals surface area contributed by atoms with E-state index in [2.05, 4.69) is 4.98 Å². The molecule has 0 radical (unpaired) electrons. The first-order valence-electron chi connectivity index (χ1n) is 4.38. The number of nitrogens with zero attached hydrogens (tertiary/aromatic N) is 1. The molecule has 0 atom stereocenters. The highest BCUT2D eigenvalue weighted by Gasteiger charge is 2.01. The highest BCUT2D eigenvalue weighted by molar-refractivity contribution is 7.99. The lowest BCUT2D eigenvalue weighted by Crippen LogP contribution is -1.88. The number of nitrogen functional groups attached to an aromatic ring is 1. The van der Waals surface area contributed by atoms with E-state index in [-0.39, 0.29) is 0 Å². The Labute approximate surface area is 97.5 Å². The molecule has 1 heterocycles. The summed E-state index contributed by atoms with van der Waals surface area (Å²) in [4.78, 5) is 6.00. The summed E-state index contributed by atoms with van der Waals surface area (Å²) in [6.07, 6.45) is 3.37. The summed E-state index contributed by atoms with van der Waals surface area (Å²) in [6.45, 7) is 0. The zero-order valence-electron chi connectivity index (χ0n) is 7.85. The predicted molar refractivity (Wildman–Crippen MR) is 64.2 cm³/mol. The molecule has 0 bridgehead atoms. The van der Waals surface area contributed by atoms with Gasteiger partial charge in [0.05, 0.1) is 11.9 Å². The zero-order valence-corrected chi connectivity index (χ0v) is 9.42. The molecular formula is C11H9ClN2S. The number of anilines is 1. The highest BCUT2D eigenvalue weighted by atomic mass is 35.5. The Morgan fingerprint density at radius 2 is 2.13 bits per heavy atom. The van der Waals surface area contributed by atoms with Gasteiger partial charge < -0.3 is 5.73 Å². The van der Waals surface area contributed by atoms with Crippen molar-refractivity contribution in [3.8, 4) is 0 Å². The lowest BCUT2D eigenvalue weighted by molar-refractivity contribution is 1.27. The number of aromatic nitrogens is 1. The summed E-state index contributed by atoms with van der Waals surface area (Å²) in [5.74, 6) is 0. The normalized spacial score (nSPS) is 10.2. The second-order valence-electron chi connectivity index (χ2n) is 2.97. The van der Waals surface area contributed by atoms with Gasteiger partial charge in [0.25, 0.3) is 0 Å². The molecule has 2 rings (SSSR count). The first-order valence-corrected chi connectivity index (χ1v) is 5.58. The summed E-state index contributed by atoms with van der Waals surface area (Å²) in [5, 5.41) is 0.729. The molecule has 4 heteroatoms. The second kappa shape index (κ2) is 4.55. The molecule has 2 nitrogen and oxygen atoms in total. The van der Waals surface area contributed by atoms with E-state index < -0.39 is 0 Å². The van der Waals surface area contributed by atoms with Gasteiger partial charge in [-0.25, -0.2) is 0 Å². The molecule has 2 N–H and O–H groups in total. The van der Waals surface area contributed by atoms with Crippen LogP contribution in [0.25, 0.3) is 0 Å². The molecule has 1 aromatic heterocycles. The maximum absolute atomic E-state index is 5.89. The minimum Gasteiger partial charge on any atom is -0.397 e. The second-order valence-corrected chi connectivity index (χ2v) is 4.52. The maximum atomic E-state index is 5.89. The Morgan fingerprint density at radius 3 is 2.87 bits per heavy atom. The van der Waals surface area contributed by atoms with Crippen LogP contribution in [0, 0.1) is 0 Å². The fraction of sp³-hybridized carbons (Fsp3) is 0. The van der Waals surface area contributed by atoms with Crippen LogP contribution in [0.3, 0.4) is 0 Å². The van der Waals surface area contributed by atoms with Gasteiger partial charge in [-0.05, 0) is 24.3 Å². The molecule has 0 saturated carbocycles. The zero-order chi connectivity index (χ0) is 10.7. The molecule has 0 fully saturated rings. The van der Waals surface area contributed by atoms with Crippen LogP contribution in [0.1, 0.15) is 0 Å². The summed E-state index contributed by atoms with van der Waals surface area (Å²) < 4.78 is 0. The molecule has 0 spiro atoms. The lowest BCUT2D eigenvalue weighted by Gasteiger charge is -2.04. The van der Waals surface area contributed by atoms with Crippen LogP contribution in [0.4, 0.5) is 5.69 Å². The molecule has 0 aliphatic rings. The summed E-state index contributed by atoms with van der Waals surface area (Å²) in [7, 11) is 0. The topological polar surface area (TPSA) is 38.9 Å². The molecule has 0 aliphatic carbocycles. The quantitative estimate of drug-likeness (QED) is 0.868. The lowest BCUT2D eigenvalue weighted by atomic mass is 10.4. The van der Waals surface area contributed by atoms with Crippen molar-refractivity contribution in [1.82, 2.24) is 4.98 Å². The van der Waals surface area contributed by atoms with Crippen LogP contribution in [-0.4, -0.2) is 4.98 Å². The number of benzene rings is 1. The van der Waals surface area contributed by atoms with Gasteiger partial charge in [0.15, 0.2) is 0 Å². The van der Waals surface area contributed by atoms with E-state index >= 15 is 0 Å². The average Bonchev–Trinajstić information content (AvgIpc) is 2.22. The van der Waals surface area contributed by atoms with Crippen molar-refractivity contribution in [3.05, 3.63) is 47.7 Å². The Bertz CT molecular complexity index is 474. The molecule has 0 unspecified atom stereocenters. The third kappa shape index (κ3) is 2.64. The molecule has 1 aromatic carbocycles. The number of halogens is 1. The first kappa shape index (κ1) is 10.3. The van der Waals surface area contributed by atoms with Crippen LogP contribution in [-0.2, 0) is 0 Å². The van der Waals surface area contributed by atoms with Crippen molar-refractivity contribution in [3.63, 3.8) is 0 Å². The molecule has 76 valence electrons. The third-order valence-electron chi connectivity index (χ3n) is 1.83. The molecule has 15 heavy (non-hydrogen) atoms. The van der Waals surface area contributed by atoms with E-state index in [1.807, 2.05) is 30.3 Å². The van der Waals surface area contributed by atoms with Crippen molar-refractivity contribution >= 4 is 29.1 Å². The molecule has 0 saturated heterocycles. The fourth-order valence-corrected chi connectivity index (χ4v) is 2.29. The van der Waals surface area contributed by atoms with E-state index in [9.17, 15) is 0 Å². The largest absolute Gasteiger partial charge is 0.397 e. The smallest absolute Gasteiger partial charge is 0.0642 e. The van der Waals surface area contributed by atoms with E-state index in [1.165, 1.54) is 0 Å². The molecule has 0 amide bonds. The van der Waals surface area contributed by atoms with E-state index in [4.69, 9.17) is 17.3 Å². The van der Waals surface area contributed by atoms with E-state index in [0.29, 0.717) is 5.69 Å². The van der Waals surface area contributed by atoms with Gasteiger partial charge in [0, 0.05) is 21.0 Å². The van der Waals surface area contributed by atoms with Gasteiger partial charge in [-0.2, -0.15) is 0 Å². The Balaban J connectivity index is 2.26. The van der Waals surface area contributed by atoms with Crippen molar-refractivity contribution in [2.24, 2.45) is 0 Å². The van der Waals surface area contributed by atoms with Gasteiger partial charge in [-0.1, -0.05) is 29.4 Å². The minimum atomic E-state index is 0.683. The van der Waals surface area contributed by atoms with Crippen LogP contribution in [0.5, 0.6) is 0 Å². The van der Waals surface area contributed by atoms with Gasteiger partial charge in [0.2, 0.25) is 0 Å². The average molecular weight is 237 g/mol.